The van der Waals surface area contributed by atoms with Crippen LogP contribution in [0.15, 0.2) is 34.4 Å². The monoisotopic (exact) mass is 369 g/mol. The van der Waals surface area contributed by atoms with Gasteiger partial charge in [-0.25, -0.2) is 4.98 Å². The van der Waals surface area contributed by atoms with Gasteiger partial charge in [-0.1, -0.05) is 0 Å². The average Bonchev–Trinajstić information content (AvgIpc) is 3.03. The van der Waals surface area contributed by atoms with Crippen LogP contribution >= 0.6 is 11.3 Å². The van der Waals surface area contributed by atoms with Gasteiger partial charge in [0, 0.05) is 4.88 Å². The molecule has 0 spiro atoms. The Hall–Kier alpha value is -2.67. The third kappa shape index (κ3) is 2.99. The standard InChI is InChI=1S/C19H19N3O3S/c1-2-25-15-9-12(7-8-14(15)23)10-21-22-11-20-18-17(19(22)24)13-5-3-4-6-16(13)26-18/h7-11,23H,2-6H2,1H3. The lowest BCUT2D eigenvalue weighted by atomic mass is 9.97. The van der Waals surface area contributed by atoms with E-state index in [4.69, 9.17) is 4.74 Å². The zero-order valence-corrected chi connectivity index (χ0v) is 15.3. The van der Waals surface area contributed by atoms with Crippen molar-refractivity contribution < 1.29 is 9.84 Å². The summed E-state index contributed by atoms with van der Waals surface area (Å²) in [6, 6.07) is 4.95. The number of nitrogens with zero attached hydrogens (tertiary/aromatic N) is 3. The van der Waals surface area contributed by atoms with E-state index >= 15 is 0 Å². The Balaban J connectivity index is 1.71. The van der Waals surface area contributed by atoms with Gasteiger partial charge in [-0.2, -0.15) is 9.78 Å². The molecule has 3 aromatic rings. The first-order valence-corrected chi connectivity index (χ1v) is 9.51. The minimum absolute atomic E-state index is 0.0779. The van der Waals surface area contributed by atoms with Crippen LogP contribution in [0.4, 0.5) is 0 Å². The second-order valence-electron chi connectivity index (χ2n) is 6.19. The molecule has 1 aliphatic rings. The Labute approximate surface area is 154 Å². The Morgan fingerprint density at radius 3 is 3.08 bits per heavy atom. The summed E-state index contributed by atoms with van der Waals surface area (Å²) in [5.41, 5.74) is 1.75. The molecule has 1 N–H and O–H groups in total. The van der Waals surface area contributed by atoms with Gasteiger partial charge in [0.15, 0.2) is 11.5 Å². The summed E-state index contributed by atoms with van der Waals surface area (Å²) in [6.45, 7) is 2.31. The fourth-order valence-electron chi connectivity index (χ4n) is 3.23. The average molecular weight is 369 g/mol. The van der Waals surface area contributed by atoms with E-state index in [1.807, 2.05) is 6.92 Å². The number of aryl methyl sites for hydroxylation is 2. The number of aromatic hydroxyl groups is 1. The van der Waals surface area contributed by atoms with Gasteiger partial charge in [0.1, 0.15) is 11.2 Å². The molecule has 0 unspecified atom stereocenters. The van der Waals surface area contributed by atoms with E-state index in [2.05, 4.69) is 10.1 Å². The smallest absolute Gasteiger partial charge is 0.282 e. The molecule has 4 rings (SSSR count). The highest BCUT2D eigenvalue weighted by molar-refractivity contribution is 7.18. The second kappa shape index (κ2) is 6.92. The van der Waals surface area contributed by atoms with Crippen molar-refractivity contribution in [3.05, 3.63) is 50.9 Å². The Morgan fingerprint density at radius 1 is 1.38 bits per heavy atom. The molecular formula is C19H19N3O3S. The molecule has 0 bridgehead atoms. The van der Waals surface area contributed by atoms with Gasteiger partial charge in [0.25, 0.3) is 5.56 Å². The Bertz CT molecular complexity index is 1050. The maximum absolute atomic E-state index is 12.9. The van der Waals surface area contributed by atoms with Crippen LogP contribution in [0.3, 0.4) is 0 Å². The van der Waals surface area contributed by atoms with Crippen molar-refractivity contribution in [2.75, 3.05) is 6.61 Å². The minimum Gasteiger partial charge on any atom is -0.504 e. The maximum Gasteiger partial charge on any atom is 0.282 e. The molecule has 0 amide bonds. The van der Waals surface area contributed by atoms with Crippen LogP contribution in [0.1, 0.15) is 35.8 Å². The lowest BCUT2D eigenvalue weighted by molar-refractivity contribution is 0.318. The molecule has 7 heteroatoms. The van der Waals surface area contributed by atoms with Gasteiger partial charge in [0.2, 0.25) is 0 Å². The van der Waals surface area contributed by atoms with Crippen LogP contribution < -0.4 is 10.3 Å². The number of hydrogen-bond acceptors (Lipinski definition) is 6. The highest BCUT2D eigenvalue weighted by Gasteiger charge is 2.19. The van der Waals surface area contributed by atoms with Crippen LogP contribution in [0.25, 0.3) is 10.2 Å². The Morgan fingerprint density at radius 2 is 2.23 bits per heavy atom. The first-order chi connectivity index (χ1) is 12.7. The summed E-state index contributed by atoms with van der Waals surface area (Å²) in [7, 11) is 0. The SMILES string of the molecule is CCOc1cc(C=Nn2cnc3sc4c(c3c2=O)CCCC4)ccc1O. The summed E-state index contributed by atoms with van der Waals surface area (Å²) < 4.78 is 6.65. The first kappa shape index (κ1) is 16.8. The van der Waals surface area contributed by atoms with Crippen molar-refractivity contribution >= 4 is 27.8 Å². The number of hydrogen-bond donors (Lipinski definition) is 1. The predicted octanol–water partition coefficient (Wildman–Crippen LogP) is 3.32. The highest BCUT2D eigenvalue weighted by Crippen LogP contribution is 2.33. The zero-order chi connectivity index (χ0) is 18.1. The van der Waals surface area contributed by atoms with E-state index in [-0.39, 0.29) is 11.3 Å². The summed E-state index contributed by atoms with van der Waals surface area (Å²) in [6.07, 6.45) is 7.30. The number of ether oxygens (including phenoxy) is 1. The minimum atomic E-state index is -0.130. The van der Waals surface area contributed by atoms with Crippen LogP contribution in [0, 0.1) is 0 Å². The van der Waals surface area contributed by atoms with Crippen molar-refractivity contribution in [1.82, 2.24) is 9.66 Å². The third-order valence-corrected chi connectivity index (χ3v) is 5.67. The highest BCUT2D eigenvalue weighted by atomic mass is 32.1. The molecule has 0 atom stereocenters. The number of aromatic nitrogens is 2. The summed E-state index contributed by atoms with van der Waals surface area (Å²) in [5.74, 6) is 0.471. The fourth-order valence-corrected chi connectivity index (χ4v) is 4.45. The van der Waals surface area contributed by atoms with Gasteiger partial charge in [0.05, 0.1) is 18.2 Å². The molecule has 134 valence electrons. The molecule has 0 saturated heterocycles. The predicted molar refractivity (Wildman–Crippen MR) is 103 cm³/mol. The van der Waals surface area contributed by atoms with Crippen molar-refractivity contribution in [1.29, 1.82) is 0 Å². The number of rotatable bonds is 4. The number of phenolic OH excluding ortho intramolecular Hbond substituents is 1. The molecule has 1 aromatic carbocycles. The van der Waals surface area contributed by atoms with Gasteiger partial charge in [-0.05, 0) is 61.9 Å². The summed E-state index contributed by atoms with van der Waals surface area (Å²) in [4.78, 5) is 19.4. The van der Waals surface area contributed by atoms with E-state index in [1.54, 1.807) is 35.8 Å². The van der Waals surface area contributed by atoms with E-state index in [1.165, 1.54) is 22.3 Å². The van der Waals surface area contributed by atoms with Gasteiger partial charge in [-0.15, -0.1) is 11.3 Å². The van der Waals surface area contributed by atoms with E-state index in [0.717, 1.165) is 35.2 Å². The lowest BCUT2D eigenvalue weighted by Crippen LogP contribution is -2.18. The van der Waals surface area contributed by atoms with Crippen molar-refractivity contribution in [3.8, 4) is 11.5 Å². The molecule has 0 radical (unpaired) electrons. The second-order valence-corrected chi connectivity index (χ2v) is 7.27. The molecule has 6 nitrogen and oxygen atoms in total. The van der Waals surface area contributed by atoms with E-state index in [9.17, 15) is 9.90 Å². The largest absolute Gasteiger partial charge is 0.504 e. The summed E-state index contributed by atoms with van der Waals surface area (Å²) >= 11 is 1.63. The quantitative estimate of drug-likeness (QED) is 0.716. The van der Waals surface area contributed by atoms with Gasteiger partial charge >= 0.3 is 0 Å². The molecule has 0 aliphatic heterocycles. The molecule has 0 fully saturated rings. The van der Waals surface area contributed by atoms with Crippen molar-refractivity contribution in [2.24, 2.45) is 5.10 Å². The van der Waals surface area contributed by atoms with Crippen LogP contribution in [-0.2, 0) is 12.8 Å². The van der Waals surface area contributed by atoms with Crippen molar-refractivity contribution in [2.45, 2.75) is 32.6 Å². The molecule has 26 heavy (non-hydrogen) atoms. The third-order valence-electron chi connectivity index (χ3n) is 4.47. The normalized spacial score (nSPS) is 14.0. The Kier molecular flexibility index (Phi) is 4.46. The maximum atomic E-state index is 12.9. The van der Waals surface area contributed by atoms with Crippen molar-refractivity contribution in [3.63, 3.8) is 0 Å². The zero-order valence-electron chi connectivity index (χ0n) is 14.4. The van der Waals surface area contributed by atoms with Crippen LogP contribution in [0.2, 0.25) is 0 Å². The molecule has 2 aromatic heterocycles. The molecule has 2 heterocycles. The van der Waals surface area contributed by atoms with Gasteiger partial charge in [-0.3, -0.25) is 4.79 Å². The number of benzene rings is 1. The van der Waals surface area contributed by atoms with E-state index < -0.39 is 0 Å². The molecule has 0 saturated carbocycles. The van der Waals surface area contributed by atoms with Crippen LogP contribution in [-0.4, -0.2) is 27.6 Å². The first-order valence-electron chi connectivity index (χ1n) is 8.69. The number of thiophene rings is 1. The number of fused-ring (bicyclic) bond motifs is 3. The van der Waals surface area contributed by atoms with E-state index in [0.29, 0.717) is 17.7 Å². The lowest BCUT2D eigenvalue weighted by Gasteiger charge is -2.09. The fraction of sp³-hybridized carbons (Fsp3) is 0.316. The topological polar surface area (TPSA) is 76.7 Å². The van der Waals surface area contributed by atoms with Crippen LogP contribution in [0.5, 0.6) is 11.5 Å². The number of phenols is 1. The molecule has 1 aliphatic carbocycles. The van der Waals surface area contributed by atoms with Gasteiger partial charge < -0.3 is 9.84 Å². The molecular weight excluding hydrogens is 350 g/mol. The summed E-state index contributed by atoms with van der Waals surface area (Å²) in [5, 5.41) is 14.8.